The lowest BCUT2D eigenvalue weighted by Gasteiger charge is -2.14. The first kappa shape index (κ1) is 15.3. The quantitative estimate of drug-likeness (QED) is 0.586. The molecule has 0 amide bonds. The summed E-state index contributed by atoms with van der Waals surface area (Å²) >= 11 is 1.22. The Morgan fingerprint density at radius 3 is 3.00 bits per heavy atom. The lowest BCUT2D eigenvalue weighted by molar-refractivity contribution is -0.403. The Bertz CT molecular complexity index is 465. The van der Waals surface area contributed by atoms with E-state index in [-0.39, 0.29) is 6.54 Å². The molecule has 0 spiro atoms. The molecule has 0 aliphatic rings. The molecule has 1 aromatic rings. The van der Waals surface area contributed by atoms with Gasteiger partial charge in [0.1, 0.15) is 10.8 Å². The van der Waals surface area contributed by atoms with Crippen molar-refractivity contribution in [1.82, 2.24) is 5.32 Å². The van der Waals surface area contributed by atoms with Crippen LogP contribution in [0.5, 0.6) is 5.75 Å². The number of benzene rings is 1. The van der Waals surface area contributed by atoms with Crippen molar-refractivity contribution < 1.29 is 14.8 Å². The van der Waals surface area contributed by atoms with E-state index in [1.165, 1.54) is 11.8 Å². The number of thioether (sulfide) groups is 1. The van der Waals surface area contributed by atoms with E-state index in [4.69, 9.17) is 4.74 Å². The molecule has 0 heterocycles. The summed E-state index contributed by atoms with van der Waals surface area (Å²) in [6, 6.07) is 7.05. The van der Waals surface area contributed by atoms with Gasteiger partial charge in [-0.15, -0.1) is 11.8 Å². The third-order valence-corrected chi connectivity index (χ3v) is 3.08. The Labute approximate surface area is 115 Å². The highest BCUT2D eigenvalue weighted by Gasteiger charge is 2.10. The number of hydrogen-bond acceptors (Lipinski definition) is 6. The number of nitrogens with one attached hydrogen (secondary N) is 1. The third-order valence-electron chi connectivity index (χ3n) is 2.39. The topological polar surface area (TPSA) is 84.6 Å². The molecule has 6 nitrogen and oxygen atoms in total. The molecule has 0 aliphatic heterocycles. The van der Waals surface area contributed by atoms with Crippen LogP contribution in [0.25, 0.3) is 0 Å². The van der Waals surface area contributed by atoms with Crippen molar-refractivity contribution in [3.63, 3.8) is 0 Å². The van der Waals surface area contributed by atoms with Gasteiger partial charge in [-0.3, -0.25) is 10.1 Å². The molecule has 0 fully saturated rings. The van der Waals surface area contributed by atoms with Gasteiger partial charge in [0.05, 0.1) is 18.1 Å². The Kier molecular flexibility index (Phi) is 6.17. The minimum absolute atomic E-state index is 0.188. The van der Waals surface area contributed by atoms with Gasteiger partial charge in [0, 0.05) is 6.54 Å². The minimum atomic E-state index is -0.766. The van der Waals surface area contributed by atoms with Gasteiger partial charge < -0.3 is 15.2 Å². The van der Waals surface area contributed by atoms with E-state index in [2.05, 4.69) is 5.32 Å². The first-order chi connectivity index (χ1) is 9.06. The van der Waals surface area contributed by atoms with Gasteiger partial charge in [-0.2, -0.15) is 0 Å². The first-order valence-corrected chi connectivity index (χ1v) is 6.74. The molecule has 1 atom stereocenters. The molecule has 19 heavy (non-hydrogen) atoms. The zero-order valence-corrected chi connectivity index (χ0v) is 11.5. The molecule has 0 aliphatic carbocycles. The summed E-state index contributed by atoms with van der Waals surface area (Å²) in [6.45, 7) is 0.188. The van der Waals surface area contributed by atoms with Crippen LogP contribution in [-0.2, 0) is 0 Å². The summed E-state index contributed by atoms with van der Waals surface area (Å²) in [5.74, 6) is 0.655. The summed E-state index contributed by atoms with van der Waals surface area (Å²) < 4.78 is 5.07. The summed E-state index contributed by atoms with van der Waals surface area (Å²) in [5.41, 5.74) is 0.688. The molecule has 1 aromatic carbocycles. The monoisotopic (exact) mass is 284 g/mol. The number of methoxy groups -OCH3 is 1. The van der Waals surface area contributed by atoms with Crippen LogP contribution < -0.4 is 10.1 Å². The minimum Gasteiger partial charge on any atom is -0.497 e. The van der Waals surface area contributed by atoms with E-state index in [0.717, 1.165) is 6.20 Å². The number of aliphatic hydroxyl groups is 1. The zero-order valence-electron chi connectivity index (χ0n) is 10.7. The molecule has 104 valence electrons. The molecule has 2 N–H and O–H groups in total. The molecular formula is C12H16N2O4S. The molecule has 0 saturated carbocycles. The van der Waals surface area contributed by atoms with Gasteiger partial charge in [0.2, 0.25) is 0 Å². The number of nitro groups is 1. The Morgan fingerprint density at radius 1 is 1.68 bits per heavy atom. The maximum atomic E-state index is 10.4. The number of nitrogens with zero attached hydrogens (tertiary/aromatic N) is 1. The highest BCUT2D eigenvalue weighted by molar-refractivity contribution is 8.02. The van der Waals surface area contributed by atoms with E-state index >= 15 is 0 Å². The second-order valence-electron chi connectivity index (χ2n) is 3.66. The van der Waals surface area contributed by atoms with Crippen LogP contribution in [0.1, 0.15) is 11.7 Å². The molecule has 0 saturated heterocycles. The van der Waals surface area contributed by atoms with Crippen LogP contribution in [0.2, 0.25) is 0 Å². The van der Waals surface area contributed by atoms with Crippen LogP contribution in [0.4, 0.5) is 0 Å². The average molecular weight is 284 g/mol. The lowest BCUT2D eigenvalue weighted by Crippen LogP contribution is -2.20. The molecule has 1 unspecified atom stereocenters. The predicted molar refractivity (Wildman–Crippen MR) is 74.5 cm³/mol. The summed E-state index contributed by atoms with van der Waals surface area (Å²) in [4.78, 5) is 9.83. The van der Waals surface area contributed by atoms with Gasteiger partial charge in [0.25, 0.3) is 6.20 Å². The molecule has 1 rings (SSSR count). The fraction of sp³-hybridized carbons (Fsp3) is 0.333. The standard InChI is InChI=1S/C12H16N2O4S/c1-18-10-5-3-4-9(6-10)11(15)7-13-12(19-2)8-14(16)17/h3-6,8,11,13,15H,7H2,1-2H3/b12-8-. The van der Waals surface area contributed by atoms with Crippen LogP contribution in [-0.4, -0.2) is 29.9 Å². The fourth-order valence-electron chi connectivity index (χ4n) is 1.43. The predicted octanol–water partition coefficient (Wildman–Crippen LogP) is 1.76. The summed E-state index contributed by atoms with van der Waals surface area (Å²) in [6.07, 6.45) is 1.83. The van der Waals surface area contributed by atoms with E-state index in [1.807, 2.05) is 0 Å². The highest BCUT2D eigenvalue weighted by Crippen LogP contribution is 2.19. The van der Waals surface area contributed by atoms with Crippen molar-refractivity contribution in [1.29, 1.82) is 0 Å². The SMILES string of the molecule is COc1cccc(C(O)CN/C(=C/[N+](=O)[O-])SC)c1. The molecule has 0 radical (unpaired) electrons. The number of rotatable bonds is 7. The summed E-state index contributed by atoms with van der Waals surface area (Å²) in [7, 11) is 1.55. The van der Waals surface area contributed by atoms with Crippen LogP contribution in [0.15, 0.2) is 35.5 Å². The van der Waals surface area contributed by atoms with E-state index < -0.39 is 11.0 Å². The first-order valence-electron chi connectivity index (χ1n) is 5.52. The van der Waals surface area contributed by atoms with Gasteiger partial charge in [-0.1, -0.05) is 12.1 Å². The van der Waals surface area contributed by atoms with E-state index in [1.54, 1.807) is 37.6 Å². The van der Waals surface area contributed by atoms with Crippen molar-refractivity contribution >= 4 is 11.8 Å². The van der Waals surface area contributed by atoms with Crippen molar-refractivity contribution in [3.8, 4) is 5.75 Å². The molecule has 7 heteroatoms. The number of ether oxygens (including phenoxy) is 1. The van der Waals surface area contributed by atoms with Crippen LogP contribution >= 0.6 is 11.8 Å². The molecule has 0 bridgehead atoms. The van der Waals surface area contributed by atoms with Crippen molar-refractivity contribution in [3.05, 3.63) is 51.2 Å². The van der Waals surface area contributed by atoms with Gasteiger partial charge in [0.15, 0.2) is 0 Å². The fourth-order valence-corrected chi connectivity index (χ4v) is 1.85. The van der Waals surface area contributed by atoms with Gasteiger partial charge in [-0.25, -0.2) is 0 Å². The highest BCUT2D eigenvalue weighted by atomic mass is 32.2. The van der Waals surface area contributed by atoms with Crippen LogP contribution in [0.3, 0.4) is 0 Å². The van der Waals surface area contributed by atoms with Crippen molar-refractivity contribution in [2.45, 2.75) is 6.10 Å². The Hall–Kier alpha value is -1.73. The largest absolute Gasteiger partial charge is 0.497 e. The number of hydrogen-bond donors (Lipinski definition) is 2. The van der Waals surface area contributed by atoms with Crippen LogP contribution in [0, 0.1) is 10.1 Å². The second-order valence-corrected chi connectivity index (χ2v) is 4.50. The smallest absolute Gasteiger partial charge is 0.263 e. The zero-order chi connectivity index (χ0) is 14.3. The summed E-state index contributed by atoms with van der Waals surface area (Å²) in [5, 5.41) is 23.6. The molecular weight excluding hydrogens is 268 g/mol. The number of aliphatic hydroxyl groups excluding tert-OH is 1. The Balaban J connectivity index is 2.63. The average Bonchev–Trinajstić information content (AvgIpc) is 2.42. The van der Waals surface area contributed by atoms with Gasteiger partial charge >= 0.3 is 0 Å². The van der Waals surface area contributed by atoms with Gasteiger partial charge in [-0.05, 0) is 24.0 Å². The molecule has 0 aromatic heterocycles. The van der Waals surface area contributed by atoms with E-state index in [9.17, 15) is 15.2 Å². The van der Waals surface area contributed by atoms with Crippen molar-refractivity contribution in [2.75, 3.05) is 19.9 Å². The normalized spacial score (nSPS) is 12.9. The van der Waals surface area contributed by atoms with Crippen molar-refractivity contribution in [2.24, 2.45) is 0 Å². The third kappa shape index (κ3) is 5.19. The maximum Gasteiger partial charge on any atom is 0.263 e. The lowest BCUT2D eigenvalue weighted by atomic mass is 10.1. The second kappa shape index (κ2) is 7.65. The Morgan fingerprint density at radius 2 is 2.42 bits per heavy atom. The maximum absolute atomic E-state index is 10.4. The van der Waals surface area contributed by atoms with E-state index in [0.29, 0.717) is 16.3 Å².